The van der Waals surface area contributed by atoms with Crippen LogP contribution in [-0.2, 0) is 16.0 Å². The van der Waals surface area contributed by atoms with Crippen molar-refractivity contribution in [3.05, 3.63) is 29.8 Å². The molecule has 5 heteroatoms. The number of hydrogen-bond acceptors (Lipinski definition) is 4. The second kappa shape index (κ2) is 8.10. The van der Waals surface area contributed by atoms with Gasteiger partial charge in [0, 0.05) is 64.5 Å². The van der Waals surface area contributed by atoms with E-state index >= 15 is 0 Å². The summed E-state index contributed by atoms with van der Waals surface area (Å²) < 4.78 is 5.18. The minimum Gasteiger partial charge on any atom is -0.383 e. The van der Waals surface area contributed by atoms with Crippen LogP contribution in [-0.4, -0.2) is 74.7 Å². The third kappa shape index (κ3) is 3.97. The first kappa shape index (κ1) is 17.4. The van der Waals surface area contributed by atoms with E-state index in [-0.39, 0.29) is 5.91 Å². The predicted molar refractivity (Wildman–Crippen MR) is 96.5 cm³/mol. The number of hydrogen-bond donors (Lipinski definition) is 0. The number of rotatable bonds is 6. The first-order valence-corrected chi connectivity index (χ1v) is 9.02. The summed E-state index contributed by atoms with van der Waals surface area (Å²) in [5.41, 5.74) is 2.41. The molecule has 1 saturated heterocycles. The highest BCUT2D eigenvalue weighted by molar-refractivity contribution is 5.95. The molecule has 1 aromatic carbocycles. The smallest absolute Gasteiger partial charge is 0.228 e. The standard InChI is InChI=1S/C19H29N3O2/c1-16-15-20(11-12-21(16)13-14-24-2)9-8-19(23)22-10-7-17-5-3-4-6-18(17)22/h3-6,16H,7-15H2,1-2H3. The Morgan fingerprint density at radius 2 is 2.04 bits per heavy atom. The monoisotopic (exact) mass is 331 g/mol. The Labute approximate surface area is 145 Å². The van der Waals surface area contributed by atoms with E-state index in [9.17, 15) is 4.79 Å². The van der Waals surface area contributed by atoms with Gasteiger partial charge in [-0.1, -0.05) is 18.2 Å². The number of carbonyl (C=O) groups is 1. The van der Waals surface area contributed by atoms with Crippen molar-refractivity contribution in [2.24, 2.45) is 0 Å². The molecule has 24 heavy (non-hydrogen) atoms. The van der Waals surface area contributed by atoms with Gasteiger partial charge in [-0.2, -0.15) is 0 Å². The normalized spacial score (nSPS) is 21.9. The largest absolute Gasteiger partial charge is 0.383 e. The molecule has 0 aromatic heterocycles. The minimum atomic E-state index is 0.259. The molecule has 5 nitrogen and oxygen atoms in total. The van der Waals surface area contributed by atoms with Gasteiger partial charge in [0.2, 0.25) is 5.91 Å². The molecule has 0 aliphatic carbocycles. The van der Waals surface area contributed by atoms with Gasteiger partial charge in [0.25, 0.3) is 0 Å². The summed E-state index contributed by atoms with van der Waals surface area (Å²) in [6.07, 6.45) is 1.59. The van der Waals surface area contributed by atoms with E-state index in [1.165, 1.54) is 5.56 Å². The Hall–Kier alpha value is -1.43. The van der Waals surface area contributed by atoms with E-state index in [1.807, 2.05) is 11.0 Å². The van der Waals surface area contributed by atoms with E-state index in [0.717, 1.165) is 58.0 Å². The fraction of sp³-hybridized carbons (Fsp3) is 0.632. The number of methoxy groups -OCH3 is 1. The lowest BCUT2D eigenvalue weighted by Crippen LogP contribution is -2.53. The van der Waals surface area contributed by atoms with Gasteiger partial charge in [0.1, 0.15) is 0 Å². The van der Waals surface area contributed by atoms with Crippen LogP contribution >= 0.6 is 0 Å². The zero-order valence-corrected chi connectivity index (χ0v) is 14.9. The lowest BCUT2D eigenvalue weighted by Gasteiger charge is -2.39. The maximum Gasteiger partial charge on any atom is 0.228 e. The first-order valence-electron chi connectivity index (χ1n) is 9.02. The maximum absolute atomic E-state index is 12.6. The molecule has 2 aliphatic rings. The summed E-state index contributed by atoms with van der Waals surface area (Å²) >= 11 is 0. The SMILES string of the molecule is COCCN1CCN(CCC(=O)N2CCc3ccccc32)CC1C. The Morgan fingerprint density at radius 1 is 1.21 bits per heavy atom. The Morgan fingerprint density at radius 3 is 2.83 bits per heavy atom. The molecule has 0 N–H and O–H groups in total. The predicted octanol–water partition coefficient (Wildman–Crippen LogP) is 1.62. The highest BCUT2D eigenvalue weighted by Crippen LogP contribution is 2.27. The average Bonchev–Trinajstić information content (AvgIpc) is 3.03. The Balaban J connectivity index is 1.46. The van der Waals surface area contributed by atoms with Gasteiger partial charge >= 0.3 is 0 Å². The highest BCUT2D eigenvalue weighted by Gasteiger charge is 2.26. The quantitative estimate of drug-likeness (QED) is 0.794. The van der Waals surface area contributed by atoms with Crippen molar-refractivity contribution in [1.82, 2.24) is 9.80 Å². The Kier molecular flexibility index (Phi) is 5.87. The molecule has 1 amide bonds. The zero-order chi connectivity index (χ0) is 16.9. The van der Waals surface area contributed by atoms with Gasteiger partial charge in [-0.05, 0) is 25.0 Å². The molecule has 0 bridgehead atoms. The van der Waals surface area contributed by atoms with Crippen LogP contribution in [0.2, 0.25) is 0 Å². The highest BCUT2D eigenvalue weighted by atomic mass is 16.5. The van der Waals surface area contributed by atoms with Crippen LogP contribution in [0.25, 0.3) is 0 Å². The molecule has 3 rings (SSSR count). The van der Waals surface area contributed by atoms with E-state index in [1.54, 1.807) is 7.11 Å². The van der Waals surface area contributed by atoms with Crippen molar-refractivity contribution in [3.63, 3.8) is 0 Å². The number of ether oxygens (including phenoxy) is 1. The zero-order valence-electron chi connectivity index (χ0n) is 14.9. The molecule has 1 unspecified atom stereocenters. The van der Waals surface area contributed by atoms with Crippen molar-refractivity contribution in [1.29, 1.82) is 0 Å². The van der Waals surface area contributed by atoms with Crippen LogP contribution in [0, 0.1) is 0 Å². The summed E-state index contributed by atoms with van der Waals surface area (Å²) in [6.45, 7) is 8.88. The molecule has 2 aliphatic heterocycles. The molecule has 1 fully saturated rings. The molecule has 0 spiro atoms. The van der Waals surface area contributed by atoms with Crippen molar-refractivity contribution < 1.29 is 9.53 Å². The van der Waals surface area contributed by atoms with Gasteiger partial charge in [0.15, 0.2) is 0 Å². The minimum absolute atomic E-state index is 0.259. The molecular weight excluding hydrogens is 302 g/mol. The summed E-state index contributed by atoms with van der Waals surface area (Å²) in [7, 11) is 1.75. The average molecular weight is 331 g/mol. The first-order chi connectivity index (χ1) is 11.7. The van der Waals surface area contributed by atoms with Crippen LogP contribution in [0.1, 0.15) is 18.9 Å². The third-order valence-corrected chi connectivity index (χ3v) is 5.26. The van der Waals surface area contributed by atoms with Crippen LogP contribution in [0.4, 0.5) is 5.69 Å². The summed E-state index contributed by atoms with van der Waals surface area (Å²) in [5, 5.41) is 0. The molecule has 1 aromatic rings. The van der Waals surface area contributed by atoms with E-state index in [0.29, 0.717) is 12.5 Å². The number of carbonyl (C=O) groups excluding carboxylic acids is 1. The molecule has 2 heterocycles. The number of benzene rings is 1. The molecule has 132 valence electrons. The van der Waals surface area contributed by atoms with Gasteiger partial charge in [0.05, 0.1) is 6.61 Å². The number of nitrogens with zero attached hydrogens (tertiary/aromatic N) is 3. The van der Waals surface area contributed by atoms with Crippen molar-refractivity contribution in [3.8, 4) is 0 Å². The van der Waals surface area contributed by atoms with Gasteiger partial charge in [-0.15, -0.1) is 0 Å². The van der Waals surface area contributed by atoms with E-state index < -0.39 is 0 Å². The van der Waals surface area contributed by atoms with E-state index in [2.05, 4.69) is 34.9 Å². The van der Waals surface area contributed by atoms with Gasteiger partial charge in [-0.3, -0.25) is 9.69 Å². The molecular formula is C19H29N3O2. The fourth-order valence-corrected chi connectivity index (χ4v) is 3.80. The topological polar surface area (TPSA) is 36.0 Å². The maximum atomic E-state index is 12.6. The fourth-order valence-electron chi connectivity index (χ4n) is 3.80. The lowest BCUT2D eigenvalue weighted by atomic mass is 10.1. The number of para-hydroxylation sites is 1. The molecule has 1 atom stereocenters. The number of anilines is 1. The summed E-state index contributed by atoms with van der Waals surface area (Å²) in [6, 6.07) is 8.79. The second-order valence-corrected chi connectivity index (χ2v) is 6.85. The van der Waals surface area contributed by atoms with Gasteiger partial charge < -0.3 is 14.5 Å². The van der Waals surface area contributed by atoms with Crippen molar-refractivity contribution in [2.45, 2.75) is 25.8 Å². The number of amides is 1. The van der Waals surface area contributed by atoms with Crippen molar-refractivity contribution in [2.75, 3.05) is 57.9 Å². The second-order valence-electron chi connectivity index (χ2n) is 6.85. The number of piperazine rings is 1. The third-order valence-electron chi connectivity index (χ3n) is 5.26. The Bertz CT molecular complexity index is 563. The van der Waals surface area contributed by atoms with Crippen LogP contribution in [0.3, 0.4) is 0 Å². The molecule has 0 saturated carbocycles. The van der Waals surface area contributed by atoms with Gasteiger partial charge in [-0.25, -0.2) is 0 Å². The van der Waals surface area contributed by atoms with E-state index in [4.69, 9.17) is 4.74 Å². The van der Waals surface area contributed by atoms with Crippen LogP contribution in [0.15, 0.2) is 24.3 Å². The van der Waals surface area contributed by atoms with Crippen LogP contribution in [0.5, 0.6) is 0 Å². The lowest BCUT2D eigenvalue weighted by molar-refractivity contribution is -0.119. The van der Waals surface area contributed by atoms with Crippen molar-refractivity contribution >= 4 is 11.6 Å². The van der Waals surface area contributed by atoms with Crippen LogP contribution < -0.4 is 4.90 Å². The summed E-state index contributed by atoms with van der Waals surface area (Å²) in [4.78, 5) is 19.5. The number of fused-ring (bicyclic) bond motifs is 1. The molecule has 0 radical (unpaired) electrons. The summed E-state index contributed by atoms with van der Waals surface area (Å²) in [5.74, 6) is 0.259.